The van der Waals surface area contributed by atoms with E-state index in [2.05, 4.69) is 39.8 Å². The fraction of sp³-hybridized carbons (Fsp3) is 0.481. The summed E-state index contributed by atoms with van der Waals surface area (Å²) in [6.07, 6.45) is 14.3. The second-order valence-electron chi connectivity index (χ2n) is 9.34. The second-order valence-corrected chi connectivity index (χ2v) is 9.34. The number of allylic oxidation sites excluding steroid dienone is 6. The first kappa shape index (κ1) is 23.1. The molecular formula is C27H34O4. The summed E-state index contributed by atoms with van der Waals surface area (Å²) in [5.74, 6) is 1.80. The fourth-order valence-electron chi connectivity index (χ4n) is 4.74. The Morgan fingerprint density at radius 1 is 1.06 bits per heavy atom. The monoisotopic (exact) mass is 422 g/mol. The van der Waals surface area contributed by atoms with Crippen LogP contribution in [0.3, 0.4) is 0 Å². The average molecular weight is 423 g/mol. The van der Waals surface area contributed by atoms with E-state index in [0.29, 0.717) is 11.7 Å². The van der Waals surface area contributed by atoms with E-state index in [0.717, 1.165) is 30.6 Å². The van der Waals surface area contributed by atoms with Gasteiger partial charge in [0.1, 0.15) is 17.1 Å². The van der Waals surface area contributed by atoms with Crippen LogP contribution in [0.4, 0.5) is 0 Å². The molecule has 2 atom stereocenters. The molecule has 1 N–H and O–H groups in total. The van der Waals surface area contributed by atoms with Crippen LogP contribution in [0.1, 0.15) is 76.8 Å². The van der Waals surface area contributed by atoms with Gasteiger partial charge in [0, 0.05) is 17.4 Å². The van der Waals surface area contributed by atoms with Gasteiger partial charge in [0.25, 0.3) is 0 Å². The van der Waals surface area contributed by atoms with Crippen LogP contribution in [0.2, 0.25) is 0 Å². The summed E-state index contributed by atoms with van der Waals surface area (Å²) in [5, 5.41) is 10.7. The van der Waals surface area contributed by atoms with E-state index in [9.17, 15) is 14.7 Å². The van der Waals surface area contributed by atoms with E-state index in [-0.39, 0.29) is 23.1 Å². The number of ether oxygens (including phenoxy) is 1. The standard InChI is InChI=1S/C21H30O2.C6H4O2/c1-5-6-7-8-15-12-18(22)20-16-11-14(2)9-10-17(16)21(3,4)23-19(20)13-15;7-5-1-2-6(8)4-3-5/h11-13,16-17,22H,5-10H2,1-4H3;1-4H/t16-,17-;/m1./s1. The third-order valence-corrected chi connectivity index (χ3v) is 6.42. The highest BCUT2D eigenvalue weighted by atomic mass is 16.5. The van der Waals surface area contributed by atoms with Crippen LogP contribution in [0, 0.1) is 5.92 Å². The number of phenolic OH excluding ortho intramolecular Hbond substituents is 1. The van der Waals surface area contributed by atoms with Crippen molar-refractivity contribution < 1.29 is 19.4 Å². The Bertz CT molecular complexity index is 895. The number of ketones is 2. The maximum absolute atomic E-state index is 10.7. The number of benzene rings is 1. The molecule has 3 aliphatic rings. The van der Waals surface area contributed by atoms with Crippen LogP contribution < -0.4 is 4.74 Å². The minimum absolute atomic E-state index is 0.121. The molecule has 0 spiro atoms. The van der Waals surface area contributed by atoms with Gasteiger partial charge in [-0.2, -0.15) is 0 Å². The van der Waals surface area contributed by atoms with Crippen LogP contribution in [0.25, 0.3) is 0 Å². The van der Waals surface area contributed by atoms with Crippen molar-refractivity contribution in [3.8, 4) is 11.5 Å². The van der Waals surface area contributed by atoms with Crippen molar-refractivity contribution in [3.63, 3.8) is 0 Å². The molecule has 4 rings (SSSR count). The van der Waals surface area contributed by atoms with Gasteiger partial charge in [0.2, 0.25) is 0 Å². The average Bonchev–Trinajstić information content (AvgIpc) is 2.70. The lowest BCUT2D eigenvalue weighted by molar-refractivity contribution is -0.113. The molecule has 1 aromatic rings. The molecule has 0 radical (unpaired) electrons. The Hall–Kier alpha value is -2.62. The Kier molecular flexibility index (Phi) is 7.19. The van der Waals surface area contributed by atoms with Gasteiger partial charge in [-0.1, -0.05) is 31.4 Å². The van der Waals surface area contributed by atoms with Gasteiger partial charge in [-0.25, -0.2) is 0 Å². The molecule has 0 saturated heterocycles. The molecule has 0 amide bonds. The lowest BCUT2D eigenvalue weighted by Crippen LogP contribution is -2.45. The fourth-order valence-corrected chi connectivity index (χ4v) is 4.74. The summed E-state index contributed by atoms with van der Waals surface area (Å²) in [5.41, 5.74) is 3.46. The summed E-state index contributed by atoms with van der Waals surface area (Å²) in [7, 11) is 0. The van der Waals surface area contributed by atoms with Gasteiger partial charge in [0.05, 0.1) is 0 Å². The van der Waals surface area contributed by atoms with Gasteiger partial charge in [-0.3, -0.25) is 9.59 Å². The molecule has 0 unspecified atom stereocenters. The van der Waals surface area contributed by atoms with Crippen LogP contribution in [-0.2, 0) is 16.0 Å². The number of aromatic hydroxyl groups is 1. The van der Waals surface area contributed by atoms with Gasteiger partial charge in [0.15, 0.2) is 11.6 Å². The molecule has 166 valence electrons. The van der Waals surface area contributed by atoms with E-state index in [1.54, 1.807) is 0 Å². The zero-order chi connectivity index (χ0) is 22.6. The first-order chi connectivity index (χ1) is 14.7. The Morgan fingerprint density at radius 3 is 2.32 bits per heavy atom. The molecule has 31 heavy (non-hydrogen) atoms. The van der Waals surface area contributed by atoms with Gasteiger partial charge in [-0.05, 0) is 88.5 Å². The number of fused-ring (bicyclic) bond motifs is 3. The van der Waals surface area contributed by atoms with Crippen LogP contribution in [0.15, 0.2) is 48.1 Å². The van der Waals surface area contributed by atoms with E-state index < -0.39 is 0 Å². The van der Waals surface area contributed by atoms with E-state index in [4.69, 9.17) is 4.74 Å². The number of unbranched alkanes of at least 4 members (excludes halogenated alkanes) is 2. The summed E-state index contributed by atoms with van der Waals surface area (Å²) in [6.45, 7) is 8.81. The Morgan fingerprint density at radius 2 is 1.71 bits per heavy atom. The maximum atomic E-state index is 10.7. The predicted molar refractivity (Wildman–Crippen MR) is 124 cm³/mol. The van der Waals surface area contributed by atoms with Crippen molar-refractivity contribution in [2.24, 2.45) is 5.92 Å². The maximum Gasteiger partial charge on any atom is 0.178 e. The second kappa shape index (κ2) is 9.67. The zero-order valence-electron chi connectivity index (χ0n) is 19.1. The molecule has 0 saturated carbocycles. The number of hydrogen-bond donors (Lipinski definition) is 1. The molecule has 4 nitrogen and oxygen atoms in total. The van der Waals surface area contributed by atoms with Crippen LogP contribution >= 0.6 is 0 Å². The quantitative estimate of drug-likeness (QED) is 0.368. The first-order valence-electron chi connectivity index (χ1n) is 11.4. The largest absolute Gasteiger partial charge is 0.507 e. The number of phenols is 1. The highest BCUT2D eigenvalue weighted by Crippen LogP contribution is 2.53. The Labute approximate surface area is 185 Å². The van der Waals surface area contributed by atoms with Gasteiger partial charge >= 0.3 is 0 Å². The molecule has 1 heterocycles. The molecule has 0 aromatic heterocycles. The van der Waals surface area contributed by atoms with Crippen molar-refractivity contribution >= 4 is 11.6 Å². The summed E-state index contributed by atoms with van der Waals surface area (Å²) < 4.78 is 6.36. The van der Waals surface area contributed by atoms with Crippen molar-refractivity contribution in [3.05, 3.63) is 59.2 Å². The molecule has 0 fully saturated rings. The number of hydrogen-bond acceptors (Lipinski definition) is 4. The molecule has 2 aliphatic carbocycles. The molecular weight excluding hydrogens is 388 g/mol. The third-order valence-electron chi connectivity index (χ3n) is 6.42. The van der Waals surface area contributed by atoms with Crippen molar-refractivity contribution in [1.82, 2.24) is 0 Å². The van der Waals surface area contributed by atoms with Gasteiger partial charge in [-0.15, -0.1) is 0 Å². The van der Waals surface area contributed by atoms with Gasteiger partial charge < -0.3 is 9.84 Å². The minimum Gasteiger partial charge on any atom is -0.507 e. The van der Waals surface area contributed by atoms with Crippen molar-refractivity contribution in [2.45, 2.75) is 77.7 Å². The highest BCUT2D eigenvalue weighted by Gasteiger charge is 2.45. The molecule has 1 aromatic carbocycles. The van der Waals surface area contributed by atoms with Crippen LogP contribution in [0.5, 0.6) is 11.5 Å². The lowest BCUT2D eigenvalue weighted by Gasteiger charge is -2.46. The van der Waals surface area contributed by atoms with Crippen molar-refractivity contribution in [2.75, 3.05) is 0 Å². The summed E-state index contributed by atoms with van der Waals surface area (Å²) in [4.78, 5) is 20.6. The van der Waals surface area contributed by atoms with Crippen molar-refractivity contribution in [1.29, 1.82) is 0 Å². The SMILES string of the molecule is CCCCCc1cc(O)c2c(c1)OC(C)(C)[C@@H]1CCC(C)=C[C@@H]21.O=C1C=CC(=O)C=C1. The normalized spacial score (nSPS) is 23.2. The van der Waals surface area contributed by atoms with E-state index in [1.807, 2.05) is 6.07 Å². The summed E-state index contributed by atoms with van der Waals surface area (Å²) in [6, 6.07) is 4.13. The zero-order valence-corrected chi connectivity index (χ0v) is 19.1. The number of rotatable bonds is 4. The minimum atomic E-state index is -0.177. The lowest BCUT2D eigenvalue weighted by atomic mass is 9.68. The predicted octanol–water partition coefficient (Wildman–Crippen LogP) is 5.99. The van der Waals surface area contributed by atoms with E-state index >= 15 is 0 Å². The summed E-state index contributed by atoms with van der Waals surface area (Å²) >= 11 is 0. The topological polar surface area (TPSA) is 63.6 Å². The number of carbonyl (C=O) groups is 2. The first-order valence-corrected chi connectivity index (χ1v) is 11.4. The smallest absolute Gasteiger partial charge is 0.178 e. The number of carbonyl (C=O) groups excluding carboxylic acids is 2. The third kappa shape index (κ3) is 5.55. The number of aryl methyl sites for hydroxylation is 1. The van der Waals surface area contributed by atoms with Crippen LogP contribution in [-0.4, -0.2) is 22.3 Å². The Balaban J connectivity index is 0.000000287. The molecule has 4 heteroatoms. The van der Waals surface area contributed by atoms with E-state index in [1.165, 1.54) is 54.7 Å². The highest BCUT2D eigenvalue weighted by molar-refractivity contribution is 6.14. The molecule has 1 aliphatic heterocycles. The molecule has 0 bridgehead atoms.